The largest absolute Gasteiger partial charge is 0.351 e. The molecule has 1 amide bonds. The molecule has 2 aromatic carbocycles. The number of rotatable bonds is 9. The first-order valence-electron chi connectivity index (χ1n) is 11.4. The maximum Gasteiger partial charge on any atom is 0.238 e. The molecule has 4 rings (SSSR count). The minimum Gasteiger partial charge on any atom is -0.351 e. The Hall–Kier alpha value is -2.97. The van der Waals surface area contributed by atoms with Crippen LogP contribution >= 0.6 is 0 Å². The van der Waals surface area contributed by atoms with E-state index < -0.39 is 16.1 Å². The molecule has 1 atom stereocenters. The molecule has 0 saturated carbocycles. The smallest absolute Gasteiger partial charge is 0.238 e. The first-order chi connectivity index (χ1) is 16.0. The van der Waals surface area contributed by atoms with E-state index in [0.717, 1.165) is 22.3 Å². The summed E-state index contributed by atoms with van der Waals surface area (Å²) in [6.45, 7) is 3.32. The van der Waals surface area contributed by atoms with E-state index in [1.807, 2.05) is 48.1 Å². The number of hydrogen-bond acceptors (Lipinski definition) is 4. The first kappa shape index (κ1) is 23.2. The van der Waals surface area contributed by atoms with Crippen molar-refractivity contribution in [2.45, 2.75) is 45.3 Å². The molecule has 1 aliphatic heterocycles. The van der Waals surface area contributed by atoms with Gasteiger partial charge in [-0.2, -0.15) is 9.40 Å². The Morgan fingerprint density at radius 2 is 1.91 bits per heavy atom. The van der Waals surface area contributed by atoms with Crippen LogP contribution in [0.3, 0.4) is 0 Å². The average Bonchev–Trinajstić information content (AvgIpc) is 3.51. The van der Waals surface area contributed by atoms with Crippen molar-refractivity contribution in [1.82, 2.24) is 19.4 Å². The Morgan fingerprint density at radius 3 is 2.64 bits per heavy atom. The lowest BCUT2D eigenvalue weighted by Crippen LogP contribution is -2.46. The predicted octanol–water partition coefficient (Wildman–Crippen LogP) is 3.42. The molecule has 1 N–H and O–H groups in total. The molecule has 3 aromatic rings. The minimum atomic E-state index is -3.40. The standard InChI is InChI=1S/C25H30N4O3S/c1-2-17-33(31,32)29-16-5-9-24(29)25(30)26-18-22-7-3-4-8-23(22)21-12-10-20(11-13-21)19-28-15-6-14-27-28/h3-4,6-8,10-15,24H,2,5,9,16-19H2,1H3,(H,26,30). The number of carbonyl (C=O) groups is 1. The number of benzene rings is 2. The third kappa shape index (κ3) is 5.51. The van der Waals surface area contributed by atoms with Crippen LogP contribution in [-0.2, 0) is 27.9 Å². The second-order valence-electron chi connectivity index (χ2n) is 8.36. The Bertz CT molecular complexity index is 1170. The number of nitrogens with one attached hydrogen (secondary N) is 1. The van der Waals surface area contributed by atoms with Gasteiger partial charge in [-0.15, -0.1) is 0 Å². The molecular formula is C25H30N4O3S. The summed E-state index contributed by atoms with van der Waals surface area (Å²) in [4.78, 5) is 12.9. The highest BCUT2D eigenvalue weighted by molar-refractivity contribution is 7.89. The number of carbonyl (C=O) groups excluding carboxylic acids is 1. The van der Waals surface area contributed by atoms with Crippen LogP contribution in [-0.4, -0.2) is 46.8 Å². The SMILES string of the molecule is CCCS(=O)(=O)N1CCCC1C(=O)NCc1ccccc1-c1ccc(Cn2cccn2)cc1. The number of sulfonamides is 1. The van der Waals surface area contributed by atoms with Gasteiger partial charge in [-0.05, 0) is 47.6 Å². The molecule has 0 aliphatic carbocycles. The van der Waals surface area contributed by atoms with E-state index in [-0.39, 0.29) is 11.7 Å². The maximum absolute atomic E-state index is 12.9. The van der Waals surface area contributed by atoms with Crippen LogP contribution in [0, 0.1) is 0 Å². The van der Waals surface area contributed by atoms with E-state index in [0.29, 0.717) is 38.9 Å². The molecule has 1 saturated heterocycles. The van der Waals surface area contributed by atoms with E-state index in [9.17, 15) is 13.2 Å². The summed E-state index contributed by atoms with van der Waals surface area (Å²) in [7, 11) is -3.40. The van der Waals surface area contributed by atoms with Gasteiger partial charge in [0.15, 0.2) is 0 Å². The molecule has 0 spiro atoms. The van der Waals surface area contributed by atoms with Gasteiger partial charge in [0.25, 0.3) is 0 Å². The fourth-order valence-electron chi connectivity index (χ4n) is 4.34. The first-order valence-corrected chi connectivity index (χ1v) is 13.0. The molecular weight excluding hydrogens is 436 g/mol. The summed E-state index contributed by atoms with van der Waals surface area (Å²) in [6.07, 6.45) is 5.52. The molecule has 2 heterocycles. The number of aromatic nitrogens is 2. The predicted molar refractivity (Wildman–Crippen MR) is 129 cm³/mol. The molecule has 1 aromatic heterocycles. The number of hydrogen-bond donors (Lipinski definition) is 1. The van der Waals surface area contributed by atoms with Crippen LogP contribution in [0.1, 0.15) is 37.3 Å². The summed E-state index contributed by atoms with van der Waals surface area (Å²) in [5.41, 5.74) is 4.26. The Kier molecular flexibility index (Phi) is 7.25. The highest BCUT2D eigenvalue weighted by atomic mass is 32.2. The summed E-state index contributed by atoms with van der Waals surface area (Å²) < 4.78 is 28.3. The van der Waals surface area contributed by atoms with Gasteiger partial charge in [0.05, 0.1) is 12.3 Å². The molecule has 1 aliphatic rings. The average molecular weight is 467 g/mol. The molecule has 0 bridgehead atoms. The summed E-state index contributed by atoms with van der Waals surface area (Å²) in [5, 5.41) is 7.23. The topological polar surface area (TPSA) is 84.3 Å². The lowest BCUT2D eigenvalue weighted by atomic mass is 9.98. The van der Waals surface area contributed by atoms with Crippen molar-refractivity contribution >= 4 is 15.9 Å². The third-order valence-corrected chi connectivity index (χ3v) is 8.04. The third-order valence-electron chi connectivity index (χ3n) is 5.96. The molecule has 7 nitrogen and oxygen atoms in total. The van der Waals surface area contributed by atoms with Gasteiger partial charge in [0, 0.05) is 25.5 Å². The van der Waals surface area contributed by atoms with Crippen LogP contribution in [0.15, 0.2) is 67.0 Å². The van der Waals surface area contributed by atoms with Gasteiger partial charge < -0.3 is 5.32 Å². The Balaban J connectivity index is 1.44. The van der Waals surface area contributed by atoms with E-state index >= 15 is 0 Å². The van der Waals surface area contributed by atoms with E-state index in [1.165, 1.54) is 4.31 Å². The van der Waals surface area contributed by atoms with Crippen molar-refractivity contribution in [3.8, 4) is 11.1 Å². The normalized spacial score (nSPS) is 16.7. The molecule has 1 fully saturated rings. The molecule has 0 radical (unpaired) electrons. The monoisotopic (exact) mass is 466 g/mol. The van der Waals surface area contributed by atoms with Gasteiger partial charge in [0.2, 0.25) is 15.9 Å². The highest BCUT2D eigenvalue weighted by Crippen LogP contribution is 2.25. The van der Waals surface area contributed by atoms with Crippen molar-refractivity contribution < 1.29 is 13.2 Å². The second kappa shape index (κ2) is 10.3. The fourth-order valence-corrected chi connectivity index (χ4v) is 6.08. The van der Waals surface area contributed by atoms with Gasteiger partial charge in [-0.25, -0.2) is 8.42 Å². The van der Waals surface area contributed by atoms with Crippen molar-refractivity contribution in [3.63, 3.8) is 0 Å². The minimum absolute atomic E-state index is 0.0794. The van der Waals surface area contributed by atoms with Crippen molar-refractivity contribution in [1.29, 1.82) is 0 Å². The lowest BCUT2D eigenvalue weighted by Gasteiger charge is -2.23. The van der Waals surface area contributed by atoms with Crippen LogP contribution < -0.4 is 5.32 Å². The van der Waals surface area contributed by atoms with Crippen LogP contribution in [0.4, 0.5) is 0 Å². The van der Waals surface area contributed by atoms with Crippen molar-refractivity contribution in [3.05, 3.63) is 78.1 Å². The quantitative estimate of drug-likeness (QED) is 0.524. The van der Waals surface area contributed by atoms with Gasteiger partial charge >= 0.3 is 0 Å². The summed E-state index contributed by atoms with van der Waals surface area (Å²) in [6, 6.07) is 17.6. The van der Waals surface area contributed by atoms with Gasteiger partial charge in [-0.1, -0.05) is 55.5 Å². The zero-order valence-electron chi connectivity index (χ0n) is 18.9. The zero-order valence-corrected chi connectivity index (χ0v) is 19.7. The molecule has 1 unspecified atom stereocenters. The summed E-state index contributed by atoms with van der Waals surface area (Å²) >= 11 is 0. The van der Waals surface area contributed by atoms with Crippen LogP contribution in [0.25, 0.3) is 11.1 Å². The maximum atomic E-state index is 12.9. The second-order valence-corrected chi connectivity index (χ2v) is 10.4. The number of nitrogens with zero attached hydrogens (tertiary/aromatic N) is 3. The van der Waals surface area contributed by atoms with Crippen molar-refractivity contribution in [2.75, 3.05) is 12.3 Å². The van der Waals surface area contributed by atoms with E-state index in [1.54, 1.807) is 6.20 Å². The zero-order chi connectivity index (χ0) is 23.3. The Morgan fingerprint density at radius 1 is 1.12 bits per heavy atom. The van der Waals surface area contributed by atoms with E-state index in [4.69, 9.17) is 0 Å². The Labute approximate surface area is 195 Å². The van der Waals surface area contributed by atoms with Crippen molar-refractivity contribution in [2.24, 2.45) is 0 Å². The molecule has 174 valence electrons. The van der Waals surface area contributed by atoms with Crippen LogP contribution in [0.2, 0.25) is 0 Å². The van der Waals surface area contributed by atoms with Gasteiger partial charge in [-0.3, -0.25) is 9.48 Å². The summed E-state index contributed by atoms with van der Waals surface area (Å²) in [5.74, 6) is -0.146. The molecule has 33 heavy (non-hydrogen) atoms. The fraction of sp³-hybridized carbons (Fsp3) is 0.360. The lowest BCUT2D eigenvalue weighted by molar-refractivity contribution is -0.124. The number of amides is 1. The van der Waals surface area contributed by atoms with Crippen LogP contribution in [0.5, 0.6) is 0 Å². The molecule has 8 heteroatoms. The van der Waals surface area contributed by atoms with Gasteiger partial charge in [0.1, 0.15) is 6.04 Å². The van der Waals surface area contributed by atoms with E-state index in [2.05, 4.69) is 34.7 Å². The highest BCUT2D eigenvalue weighted by Gasteiger charge is 2.37.